The van der Waals surface area contributed by atoms with Crippen LogP contribution < -0.4 is 4.72 Å². The van der Waals surface area contributed by atoms with Crippen LogP contribution in [-0.2, 0) is 21.2 Å². The number of piperidine rings is 1. The molecule has 0 aromatic carbocycles. The number of rotatable bonds is 5. The van der Waals surface area contributed by atoms with Gasteiger partial charge in [-0.2, -0.15) is 0 Å². The van der Waals surface area contributed by atoms with Crippen molar-refractivity contribution in [1.29, 1.82) is 0 Å². The van der Waals surface area contributed by atoms with Crippen LogP contribution in [0.2, 0.25) is 0 Å². The average Bonchev–Trinajstić information content (AvgIpc) is 3.03. The fraction of sp³-hybridized carbons (Fsp3) is 0.643. The Morgan fingerprint density at radius 2 is 2.09 bits per heavy atom. The van der Waals surface area contributed by atoms with Crippen molar-refractivity contribution in [2.24, 2.45) is 5.92 Å². The van der Waals surface area contributed by atoms with E-state index >= 15 is 0 Å². The maximum Gasteiger partial charge on any atom is 0.409 e. The molecule has 8 heteroatoms. The zero-order chi connectivity index (χ0) is 16.2. The Morgan fingerprint density at radius 3 is 2.64 bits per heavy atom. The number of nitrogens with one attached hydrogen (secondary N) is 1. The third-order valence-corrected chi connectivity index (χ3v) is 7.00. The van der Waals surface area contributed by atoms with Gasteiger partial charge >= 0.3 is 6.09 Å². The molecule has 1 aliphatic heterocycles. The largest absolute Gasteiger partial charge is 0.453 e. The van der Waals surface area contributed by atoms with E-state index in [1.165, 1.54) is 18.4 Å². The summed E-state index contributed by atoms with van der Waals surface area (Å²) in [5, 5.41) is 0. The number of methoxy groups -OCH3 is 1. The molecule has 2 rings (SSSR count). The molecule has 0 spiro atoms. The Morgan fingerprint density at radius 1 is 1.41 bits per heavy atom. The highest BCUT2D eigenvalue weighted by atomic mass is 32.2. The van der Waals surface area contributed by atoms with Crippen LogP contribution in [0.25, 0.3) is 0 Å². The van der Waals surface area contributed by atoms with Gasteiger partial charge in [-0.05, 0) is 37.3 Å². The molecule has 1 aromatic heterocycles. The number of sulfonamides is 1. The van der Waals surface area contributed by atoms with Gasteiger partial charge in [-0.15, -0.1) is 11.3 Å². The average molecular weight is 346 g/mol. The van der Waals surface area contributed by atoms with Crippen LogP contribution in [0, 0.1) is 5.92 Å². The monoisotopic (exact) mass is 346 g/mol. The Balaban J connectivity index is 1.84. The van der Waals surface area contributed by atoms with Crippen LogP contribution in [0.5, 0.6) is 0 Å². The summed E-state index contributed by atoms with van der Waals surface area (Å²) in [6, 6.07) is 3.51. The van der Waals surface area contributed by atoms with Gasteiger partial charge in [0, 0.05) is 24.5 Å². The molecule has 6 nitrogen and oxygen atoms in total. The van der Waals surface area contributed by atoms with Crippen LogP contribution in [0.15, 0.2) is 16.3 Å². The molecule has 0 unspecified atom stereocenters. The number of amides is 1. The van der Waals surface area contributed by atoms with Gasteiger partial charge in [-0.25, -0.2) is 17.9 Å². The molecule has 0 bridgehead atoms. The van der Waals surface area contributed by atoms with Crippen molar-refractivity contribution >= 4 is 27.5 Å². The second-order valence-corrected chi connectivity index (χ2v) is 8.49. The second kappa shape index (κ2) is 7.43. The summed E-state index contributed by atoms with van der Waals surface area (Å²) in [5.74, 6) is 0.251. The first-order chi connectivity index (χ1) is 10.5. The van der Waals surface area contributed by atoms with E-state index in [1.807, 2.05) is 13.0 Å². The Bertz CT molecular complexity index is 604. The molecular weight excluding hydrogens is 324 g/mol. The van der Waals surface area contributed by atoms with Crippen LogP contribution in [0.4, 0.5) is 4.79 Å². The lowest BCUT2D eigenvalue weighted by Crippen LogP contribution is -2.41. The number of likely N-dealkylation sites (tertiary alicyclic amines) is 1. The standard InChI is InChI=1S/C14H22N2O4S2/c1-3-12-4-5-13(21-12)22(18,19)15-10-11-6-8-16(9-7-11)14(17)20-2/h4-5,11,15H,3,6-10H2,1-2H3. The van der Waals surface area contributed by atoms with Crippen molar-refractivity contribution in [2.45, 2.75) is 30.4 Å². The predicted octanol–water partition coefficient (Wildman–Crippen LogP) is 2.07. The Hall–Kier alpha value is -1.12. The number of ether oxygens (including phenoxy) is 1. The number of aryl methyl sites for hydroxylation is 1. The lowest BCUT2D eigenvalue weighted by molar-refractivity contribution is 0.106. The summed E-state index contributed by atoms with van der Waals surface area (Å²) in [6.07, 6.45) is 2.08. The summed E-state index contributed by atoms with van der Waals surface area (Å²) >= 11 is 1.31. The Labute approximate surface area is 135 Å². The van der Waals surface area contributed by atoms with Crippen LogP contribution in [-0.4, -0.2) is 46.2 Å². The van der Waals surface area contributed by atoms with Crippen molar-refractivity contribution in [1.82, 2.24) is 9.62 Å². The molecule has 124 valence electrons. The van der Waals surface area contributed by atoms with Crippen LogP contribution >= 0.6 is 11.3 Å². The van der Waals surface area contributed by atoms with Gasteiger partial charge in [0.2, 0.25) is 10.0 Å². The summed E-state index contributed by atoms with van der Waals surface area (Å²) < 4.78 is 32.2. The van der Waals surface area contributed by atoms with Gasteiger partial charge in [0.05, 0.1) is 7.11 Å². The highest BCUT2D eigenvalue weighted by Crippen LogP contribution is 2.23. The van der Waals surface area contributed by atoms with Crippen LogP contribution in [0.1, 0.15) is 24.6 Å². The van der Waals surface area contributed by atoms with Crippen LogP contribution in [0.3, 0.4) is 0 Å². The van der Waals surface area contributed by atoms with Gasteiger partial charge < -0.3 is 9.64 Å². The number of hydrogen-bond acceptors (Lipinski definition) is 5. The maximum absolute atomic E-state index is 12.2. The third-order valence-electron chi connectivity index (χ3n) is 3.86. The molecule has 1 N–H and O–H groups in total. The van der Waals surface area contributed by atoms with Gasteiger partial charge in [0.1, 0.15) is 4.21 Å². The minimum absolute atomic E-state index is 0.251. The SMILES string of the molecule is CCc1ccc(S(=O)(=O)NCC2CCN(C(=O)OC)CC2)s1. The van der Waals surface area contributed by atoms with E-state index in [0.717, 1.165) is 24.1 Å². The number of carbonyl (C=O) groups excluding carboxylic acids is 1. The molecule has 0 atom stereocenters. The van der Waals surface area contributed by atoms with Crippen molar-refractivity contribution in [3.05, 3.63) is 17.0 Å². The highest BCUT2D eigenvalue weighted by Gasteiger charge is 2.25. The van der Waals surface area contributed by atoms with E-state index < -0.39 is 10.0 Å². The summed E-state index contributed by atoms with van der Waals surface area (Å²) in [4.78, 5) is 14.1. The lowest BCUT2D eigenvalue weighted by Gasteiger charge is -2.30. The zero-order valence-electron chi connectivity index (χ0n) is 12.9. The second-order valence-electron chi connectivity index (χ2n) is 5.33. The van der Waals surface area contributed by atoms with E-state index in [-0.39, 0.29) is 12.0 Å². The minimum atomic E-state index is -3.42. The lowest BCUT2D eigenvalue weighted by atomic mass is 9.97. The molecule has 0 radical (unpaired) electrons. The number of hydrogen-bond donors (Lipinski definition) is 1. The molecule has 22 heavy (non-hydrogen) atoms. The van der Waals surface area contributed by atoms with Crippen molar-refractivity contribution in [3.63, 3.8) is 0 Å². The number of carbonyl (C=O) groups is 1. The van der Waals surface area contributed by atoms with Crippen molar-refractivity contribution < 1.29 is 17.9 Å². The third kappa shape index (κ3) is 4.21. The normalized spacial score (nSPS) is 16.7. The van der Waals surface area contributed by atoms with E-state index in [4.69, 9.17) is 0 Å². The van der Waals surface area contributed by atoms with E-state index in [0.29, 0.717) is 23.8 Å². The Kier molecular flexibility index (Phi) is 5.82. The molecule has 2 heterocycles. The van der Waals surface area contributed by atoms with Gasteiger partial charge in [-0.3, -0.25) is 0 Å². The van der Waals surface area contributed by atoms with E-state index in [9.17, 15) is 13.2 Å². The van der Waals surface area contributed by atoms with Gasteiger partial charge in [0.15, 0.2) is 0 Å². The molecule has 1 fully saturated rings. The maximum atomic E-state index is 12.2. The van der Waals surface area contributed by atoms with Gasteiger partial charge in [-0.1, -0.05) is 6.92 Å². The number of nitrogens with zero attached hydrogens (tertiary/aromatic N) is 1. The summed E-state index contributed by atoms with van der Waals surface area (Å²) in [7, 11) is -2.05. The van der Waals surface area contributed by atoms with Crippen molar-refractivity contribution in [3.8, 4) is 0 Å². The molecule has 1 aliphatic rings. The molecular formula is C14H22N2O4S2. The van der Waals surface area contributed by atoms with Gasteiger partial charge in [0.25, 0.3) is 0 Å². The fourth-order valence-corrected chi connectivity index (χ4v) is 4.90. The van der Waals surface area contributed by atoms with Crippen molar-refractivity contribution in [2.75, 3.05) is 26.7 Å². The first-order valence-electron chi connectivity index (χ1n) is 7.37. The molecule has 0 aliphatic carbocycles. The first kappa shape index (κ1) is 17.2. The topological polar surface area (TPSA) is 75.7 Å². The zero-order valence-corrected chi connectivity index (χ0v) is 14.5. The molecule has 1 saturated heterocycles. The summed E-state index contributed by atoms with van der Waals surface area (Å²) in [6.45, 7) is 3.64. The predicted molar refractivity (Wildman–Crippen MR) is 85.6 cm³/mol. The minimum Gasteiger partial charge on any atom is -0.453 e. The van der Waals surface area contributed by atoms with E-state index in [2.05, 4.69) is 9.46 Å². The smallest absolute Gasteiger partial charge is 0.409 e. The summed E-state index contributed by atoms with van der Waals surface area (Å²) in [5.41, 5.74) is 0. The number of thiophene rings is 1. The molecule has 1 amide bonds. The fourth-order valence-electron chi connectivity index (χ4n) is 2.44. The molecule has 1 aromatic rings. The quantitative estimate of drug-likeness (QED) is 0.885. The highest BCUT2D eigenvalue weighted by molar-refractivity contribution is 7.91. The molecule has 0 saturated carbocycles. The first-order valence-corrected chi connectivity index (χ1v) is 9.67. The van der Waals surface area contributed by atoms with E-state index in [1.54, 1.807) is 11.0 Å².